The van der Waals surface area contributed by atoms with Crippen molar-refractivity contribution in [2.75, 3.05) is 0 Å². The van der Waals surface area contributed by atoms with Gasteiger partial charge in [-0.2, -0.15) is 0 Å². The van der Waals surface area contributed by atoms with Crippen LogP contribution in [0.1, 0.15) is 25.7 Å². The second-order valence-electron chi connectivity index (χ2n) is 2.96. The molecule has 1 unspecified atom stereocenters. The van der Waals surface area contributed by atoms with Gasteiger partial charge in [-0.1, -0.05) is 24.6 Å². The first-order chi connectivity index (χ1) is 4.97. The summed E-state index contributed by atoms with van der Waals surface area (Å²) in [4.78, 5) is 0. The minimum Gasteiger partial charge on any atom is -0.486 e. The number of hydrogen-bond acceptors (Lipinski definition) is 2. The molecule has 1 aliphatic heterocycles. The fourth-order valence-corrected chi connectivity index (χ4v) is 2.61. The van der Waals surface area contributed by atoms with Crippen molar-refractivity contribution >= 4 is 11.8 Å². The highest BCUT2D eigenvalue weighted by molar-refractivity contribution is 8.02. The summed E-state index contributed by atoms with van der Waals surface area (Å²) >= 11 is 1.84. The molecule has 0 aromatic carbocycles. The zero-order valence-electron chi connectivity index (χ0n) is 5.95. The summed E-state index contributed by atoms with van der Waals surface area (Å²) in [5.74, 6) is 0.833. The summed E-state index contributed by atoms with van der Waals surface area (Å²) < 4.78 is 5.42. The molecule has 1 heterocycles. The Morgan fingerprint density at radius 2 is 2.10 bits per heavy atom. The van der Waals surface area contributed by atoms with Gasteiger partial charge in [0.2, 0.25) is 0 Å². The summed E-state index contributed by atoms with van der Waals surface area (Å²) in [7, 11) is 0. The highest BCUT2D eigenvalue weighted by atomic mass is 32.2. The van der Waals surface area contributed by atoms with E-state index in [1.165, 1.54) is 25.7 Å². The van der Waals surface area contributed by atoms with Gasteiger partial charge in [-0.05, 0) is 12.8 Å². The molecule has 0 aromatic heterocycles. The third kappa shape index (κ3) is 1.17. The number of ether oxygens (including phenoxy) is 1. The molecule has 1 fully saturated rings. The Bertz CT molecular complexity index is 130. The van der Waals surface area contributed by atoms with Crippen molar-refractivity contribution in [1.82, 2.24) is 0 Å². The third-order valence-corrected chi connectivity index (χ3v) is 3.30. The van der Waals surface area contributed by atoms with Crippen molar-refractivity contribution in [2.45, 2.75) is 31.1 Å². The van der Waals surface area contributed by atoms with Crippen LogP contribution in [-0.2, 0) is 4.74 Å². The summed E-state index contributed by atoms with van der Waals surface area (Å²) in [5, 5.41) is 2.06. The smallest absolute Gasteiger partial charge is 0.150 e. The Balaban J connectivity index is 1.87. The highest BCUT2D eigenvalue weighted by Gasteiger charge is 2.27. The second-order valence-corrected chi connectivity index (χ2v) is 3.97. The van der Waals surface area contributed by atoms with Gasteiger partial charge in [-0.3, -0.25) is 0 Å². The van der Waals surface area contributed by atoms with Crippen LogP contribution in [0.2, 0.25) is 0 Å². The van der Waals surface area contributed by atoms with Crippen molar-refractivity contribution in [2.24, 2.45) is 5.92 Å². The van der Waals surface area contributed by atoms with Gasteiger partial charge >= 0.3 is 0 Å². The monoisotopic (exact) mass is 156 g/mol. The number of hydrogen-bond donors (Lipinski definition) is 0. The molecule has 1 nitrogen and oxygen atoms in total. The lowest BCUT2D eigenvalue weighted by Gasteiger charge is -2.15. The summed E-state index contributed by atoms with van der Waals surface area (Å²) in [6.07, 6.45) is 7.39. The minimum absolute atomic E-state index is 0.461. The van der Waals surface area contributed by atoms with E-state index < -0.39 is 0 Å². The Morgan fingerprint density at radius 3 is 2.70 bits per heavy atom. The van der Waals surface area contributed by atoms with Gasteiger partial charge in [0.25, 0.3) is 0 Å². The molecule has 1 aliphatic carbocycles. The normalized spacial score (nSPS) is 33.0. The Hall–Kier alpha value is -0.110. The Kier molecular flexibility index (Phi) is 1.89. The van der Waals surface area contributed by atoms with E-state index >= 15 is 0 Å². The van der Waals surface area contributed by atoms with E-state index in [1.54, 1.807) is 0 Å². The van der Waals surface area contributed by atoms with Gasteiger partial charge in [-0.15, -0.1) is 0 Å². The molecule has 2 heteroatoms. The lowest BCUT2D eigenvalue weighted by Crippen LogP contribution is -2.12. The summed E-state index contributed by atoms with van der Waals surface area (Å²) in [6, 6.07) is 0. The van der Waals surface area contributed by atoms with Crippen molar-refractivity contribution in [3.8, 4) is 0 Å². The molecule has 0 amide bonds. The third-order valence-electron chi connectivity index (χ3n) is 2.27. The summed E-state index contributed by atoms with van der Waals surface area (Å²) in [5.41, 5.74) is 0.461. The highest BCUT2D eigenvalue weighted by Crippen LogP contribution is 2.37. The fraction of sp³-hybridized carbons (Fsp3) is 0.750. The molecule has 1 atom stereocenters. The maximum atomic E-state index is 5.42. The molecule has 1 saturated carbocycles. The lowest BCUT2D eigenvalue weighted by atomic mass is 10.1. The molecule has 0 N–H and O–H groups in total. The van der Waals surface area contributed by atoms with Crippen LogP contribution < -0.4 is 0 Å². The first-order valence-corrected chi connectivity index (χ1v) is 4.87. The summed E-state index contributed by atoms with van der Waals surface area (Å²) in [6.45, 7) is 0. The first-order valence-electron chi connectivity index (χ1n) is 3.93. The molecule has 0 aromatic rings. The van der Waals surface area contributed by atoms with Gasteiger partial charge in [0.05, 0.1) is 6.26 Å². The number of thioether (sulfide) groups is 1. The van der Waals surface area contributed by atoms with E-state index in [1.807, 2.05) is 18.0 Å². The molecule has 10 heavy (non-hydrogen) atoms. The predicted octanol–water partition coefficient (Wildman–Crippen LogP) is 2.74. The van der Waals surface area contributed by atoms with Crippen molar-refractivity contribution in [3.05, 3.63) is 11.7 Å². The van der Waals surface area contributed by atoms with Crippen molar-refractivity contribution in [1.29, 1.82) is 0 Å². The van der Waals surface area contributed by atoms with Gasteiger partial charge < -0.3 is 4.74 Å². The number of rotatable bonds is 1. The lowest BCUT2D eigenvalue weighted by molar-refractivity contribution is 0.172. The predicted molar refractivity (Wildman–Crippen MR) is 43.6 cm³/mol. The van der Waals surface area contributed by atoms with Crippen LogP contribution in [0.25, 0.3) is 0 Å². The molecule has 0 bridgehead atoms. The van der Waals surface area contributed by atoms with Crippen LogP contribution in [0.5, 0.6) is 0 Å². The molecule has 0 spiro atoms. The largest absolute Gasteiger partial charge is 0.486 e. The van der Waals surface area contributed by atoms with Crippen LogP contribution in [0, 0.1) is 5.92 Å². The molecule has 2 rings (SSSR count). The first kappa shape index (κ1) is 6.59. The van der Waals surface area contributed by atoms with Gasteiger partial charge in [0.1, 0.15) is 5.44 Å². The Labute approximate surface area is 65.8 Å². The fourth-order valence-electron chi connectivity index (χ4n) is 1.70. The quantitative estimate of drug-likeness (QED) is 0.577. The zero-order valence-corrected chi connectivity index (χ0v) is 6.77. The molecular formula is C8H12OS. The minimum atomic E-state index is 0.461. The average Bonchev–Trinajstić information content (AvgIpc) is 2.59. The van der Waals surface area contributed by atoms with Crippen LogP contribution >= 0.6 is 11.8 Å². The van der Waals surface area contributed by atoms with Crippen molar-refractivity contribution < 1.29 is 4.74 Å². The van der Waals surface area contributed by atoms with Crippen LogP contribution in [-0.4, -0.2) is 5.44 Å². The topological polar surface area (TPSA) is 9.23 Å². The standard InChI is InChI=1S/C8H12OS/c1-2-4-7(3-1)8-9-5-6-10-8/h5-8H,1-4H2. The SMILES string of the molecule is C1=CSC(C2CCCC2)O1. The molecule has 0 radical (unpaired) electrons. The van der Waals surface area contributed by atoms with E-state index in [0.717, 1.165) is 5.92 Å². The van der Waals surface area contributed by atoms with Crippen LogP contribution in [0.4, 0.5) is 0 Å². The van der Waals surface area contributed by atoms with Gasteiger partial charge in [-0.25, -0.2) is 0 Å². The molecule has 56 valence electrons. The maximum Gasteiger partial charge on any atom is 0.150 e. The van der Waals surface area contributed by atoms with Crippen molar-refractivity contribution in [3.63, 3.8) is 0 Å². The molecule has 2 aliphatic rings. The Morgan fingerprint density at radius 1 is 1.30 bits per heavy atom. The van der Waals surface area contributed by atoms with E-state index in [9.17, 15) is 0 Å². The second kappa shape index (κ2) is 2.87. The van der Waals surface area contributed by atoms with E-state index in [-0.39, 0.29) is 0 Å². The average molecular weight is 156 g/mol. The van der Waals surface area contributed by atoms with Crippen LogP contribution in [0.3, 0.4) is 0 Å². The van der Waals surface area contributed by atoms with E-state index in [0.29, 0.717) is 5.44 Å². The maximum absolute atomic E-state index is 5.42. The van der Waals surface area contributed by atoms with E-state index in [2.05, 4.69) is 5.41 Å². The van der Waals surface area contributed by atoms with Gasteiger partial charge in [0.15, 0.2) is 0 Å². The molecule has 0 saturated heterocycles. The molecular weight excluding hydrogens is 144 g/mol. The zero-order chi connectivity index (χ0) is 6.81. The van der Waals surface area contributed by atoms with E-state index in [4.69, 9.17) is 4.74 Å². The van der Waals surface area contributed by atoms with Gasteiger partial charge in [0, 0.05) is 11.3 Å². The van der Waals surface area contributed by atoms with Crippen LogP contribution in [0.15, 0.2) is 11.7 Å².